The molecule has 3 atom stereocenters. The molecule has 35 heavy (non-hydrogen) atoms. The maximum atomic E-state index is 6.62. The van der Waals surface area contributed by atoms with Crippen molar-refractivity contribution < 1.29 is 9.47 Å². The Balaban J connectivity index is 1.48. The predicted octanol–water partition coefficient (Wildman–Crippen LogP) is 10.1. The summed E-state index contributed by atoms with van der Waals surface area (Å²) < 4.78 is 12.6. The maximum Gasteiger partial charge on any atom is 0.175 e. The van der Waals surface area contributed by atoms with Crippen LogP contribution in [-0.2, 0) is 6.61 Å². The van der Waals surface area contributed by atoms with Gasteiger partial charge >= 0.3 is 0 Å². The average molecular weight is 635 g/mol. The highest BCUT2D eigenvalue weighted by molar-refractivity contribution is 9.10. The van der Waals surface area contributed by atoms with E-state index < -0.39 is 0 Å². The Hall–Kier alpha value is -1.27. The lowest BCUT2D eigenvalue weighted by atomic mass is 9.77. The van der Waals surface area contributed by atoms with Crippen molar-refractivity contribution >= 4 is 79.6 Å². The van der Waals surface area contributed by atoms with Crippen molar-refractivity contribution in [2.45, 2.75) is 25.0 Å². The van der Waals surface area contributed by atoms with Gasteiger partial charge < -0.3 is 14.8 Å². The minimum atomic E-state index is -0.0217. The zero-order valence-corrected chi connectivity index (χ0v) is 23.7. The molecule has 0 saturated heterocycles. The van der Waals surface area contributed by atoms with Crippen LogP contribution in [0.1, 0.15) is 35.1 Å². The Labute approximate surface area is 237 Å². The van der Waals surface area contributed by atoms with Gasteiger partial charge in [-0.25, -0.2) is 0 Å². The Morgan fingerprint density at radius 3 is 2.51 bits per heavy atom. The summed E-state index contributed by atoms with van der Waals surface area (Å²) in [4.78, 5) is 0. The van der Waals surface area contributed by atoms with Crippen LogP contribution in [0.25, 0.3) is 0 Å². The predicted molar refractivity (Wildman–Crippen MR) is 149 cm³/mol. The van der Waals surface area contributed by atoms with Gasteiger partial charge in [0.05, 0.1) is 48.4 Å². The summed E-state index contributed by atoms with van der Waals surface area (Å²) in [5.74, 6) is 1.57. The molecule has 0 amide bonds. The van der Waals surface area contributed by atoms with Crippen LogP contribution in [0.4, 0.5) is 5.69 Å². The third kappa shape index (κ3) is 4.74. The molecule has 1 aliphatic carbocycles. The van der Waals surface area contributed by atoms with E-state index in [-0.39, 0.29) is 17.9 Å². The van der Waals surface area contributed by atoms with Gasteiger partial charge in [-0.2, -0.15) is 0 Å². The topological polar surface area (TPSA) is 30.5 Å². The van der Waals surface area contributed by atoms with Crippen LogP contribution in [-0.4, -0.2) is 7.11 Å². The van der Waals surface area contributed by atoms with Gasteiger partial charge in [0.25, 0.3) is 0 Å². The molecule has 1 heterocycles. The van der Waals surface area contributed by atoms with Crippen molar-refractivity contribution in [3.05, 3.63) is 94.8 Å². The number of allylic oxidation sites excluding steroid dienone is 2. The molecule has 0 radical (unpaired) electrons. The lowest BCUT2D eigenvalue weighted by molar-refractivity contribution is 0.282. The SMILES string of the molecule is COc1cc([C@@H]2Nc3c(Cl)cc(Cl)c(Cl)c3[C@H]3C=CC[C@H]32)cc(Br)c1OCc1ccc(Cl)c(Cl)c1. The second-order valence-electron chi connectivity index (χ2n) is 8.49. The molecule has 0 fully saturated rings. The fourth-order valence-electron chi connectivity index (χ4n) is 4.84. The fourth-order valence-corrected chi connectivity index (χ4v) is 6.54. The van der Waals surface area contributed by atoms with Crippen LogP contribution >= 0.6 is 73.9 Å². The molecule has 3 aromatic carbocycles. The first-order valence-electron chi connectivity index (χ1n) is 10.8. The third-order valence-electron chi connectivity index (χ3n) is 6.46. The quantitative estimate of drug-likeness (QED) is 0.224. The summed E-state index contributed by atoms with van der Waals surface area (Å²) in [6.45, 7) is 0.309. The maximum absolute atomic E-state index is 6.62. The van der Waals surface area contributed by atoms with Crippen molar-refractivity contribution in [1.82, 2.24) is 0 Å². The molecular weight excluding hydrogens is 615 g/mol. The molecule has 0 aromatic heterocycles. The van der Waals surface area contributed by atoms with Gasteiger partial charge in [-0.1, -0.05) is 76.2 Å². The number of rotatable bonds is 5. The Bertz CT molecular complexity index is 1350. The van der Waals surface area contributed by atoms with E-state index in [2.05, 4.69) is 39.5 Å². The Morgan fingerprint density at radius 1 is 0.971 bits per heavy atom. The van der Waals surface area contributed by atoms with E-state index in [9.17, 15) is 0 Å². The van der Waals surface area contributed by atoms with Gasteiger partial charge in [-0.15, -0.1) is 0 Å². The van der Waals surface area contributed by atoms with Gasteiger partial charge in [0, 0.05) is 11.5 Å². The lowest BCUT2D eigenvalue weighted by Gasteiger charge is -2.38. The summed E-state index contributed by atoms with van der Waals surface area (Å²) in [5, 5.41) is 6.17. The van der Waals surface area contributed by atoms with E-state index in [0.717, 1.165) is 33.3 Å². The molecule has 182 valence electrons. The van der Waals surface area contributed by atoms with Gasteiger partial charge in [0.1, 0.15) is 6.61 Å². The summed E-state index contributed by atoms with van der Waals surface area (Å²) in [7, 11) is 1.62. The second kappa shape index (κ2) is 10.2. The molecule has 0 spiro atoms. The van der Waals surface area contributed by atoms with Gasteiger partial charge in [-0.3, -0.25) is 0 Å². The van der Waals surface area contributed by atoms with E-state index in [4.69, 9.17) is 67.5 Å². The largest absolute Gasteiger partial charge is 0.493 e. The molecule has 3 aromatic rings. The van der Waals surface area contributed by atoms with Crippen molar-refractivity contribution in [2.75, 3.05) is 12.4 Å². The van der Waals surface area contributed by atoms with E-state index in [1.165, 1.54) is 0 Å². The van der Waals surface area contributed by atoms with E-state index in [0.29, 0.717) is 43.2 Å². The first-order chi connectivity index (χ1) is 16.8. The molecule has 2 aliphatic rings. The molecule has 0 bridgehead atoms. The first kappa shape index (κ1) is 25.4. The van der Waals surface area contributed by atoms with Crippen LogP contribution in [0, 0.1) is 5.92 Å². The fraction of sp³-hybridized carbons (Fsp3) is 0.231. The smallest absolute Gasteiger partial charge is 0.175 e. The molecule has 0 unspecified atom stereocenters. The summed E-state index contributed by atoms with van der Waals surface area (Å²) in [6, 6.07) is 11.1. The number of hydrogen-bond donors (Lipinski definition) is 1. The van der Waals surface area contributed by atoms with Gasteiger partial charge in [-0.05, 0) is 69.7 Å². The normalized spacial score (nSPS) is 20.3. The zero-order chi connectivity index (χ0) is 24.9. The van der Waals surface area contributed by atoms with Gasteiger partial charge in [0.2, 0.25) is 0 Å². The monoisotopic (exact) mass is 631 g/mol. The molecule has 3 nitrogen and oxygen atoms in total. The molecule has 1 aliphatic heterocycles. The second-order valence-corrected chi connectivity index (χ2v) is 11.4. The van der Waals surface area contributed by atoms with Crippen molar-refractivity contribution in [1.29, 1.82) is 0 Å². The number of benzene rings is 3. The molecule has 0 saturated carbocycles. The molecule has 9 heteroatoms. The summed E-state index contributed by atoms with van der Waals surface area (Å²) in [6.07, 6.45) is 5.28. The van der Waals surface area contributed by atoms with Crippen molar-refractivity contribution in [2.24, 2.45) is 5.92 Å². The minimum Gasteiger partial charge on any atom is -0.493 e. The Morgan fingerprint density at radius 2 is 1.77 bits per heavy atom. The number of anilines is 1. The zero-order valence-electron chi connectivity index (χ0n) is 18.3. The van der Waals surface area contributed by atoms with Crippen molar-refractivity contribution in [3.8, 4) is 11.5 Å². The number of fused-ring (bicyclic) bond motifs is 3. The number of ether oxygens (including phenoxy) is 2. The van der Waals surface area contributed by atoms with Crippen LogP contribution in [0.2, 0.25) is 25.1 Å². The lowest BCUT2D eigenvalue weighted by Crippen LogP contribution is -2.29. The average Bonchev–Trinajstić information content (AvgIpc) is 3.32. The van der Waals surface area contributed by atoms with E-state index in [1.54, 1.807) is 25.3 Å². The van der Waals surface area contributed by atoms with E-state index in [1.807, 2.05) is 12.1 Å². The third-order valence-corrected chi connectivity index (χ3v) is 8.89. The van der Waals surface area contributed by atoms with Crippen LogP contribution in [0.3, 0.4) is 0 Å². The van der Waals surface area contributed by atoms with E-state index >= 15 is 0 Å². The number of nitrogens with one attached hydrogen (secondary N) is 1. The van der Waals surface area contributed by atoms with Crippen LogP contribution in [0.15, 0.2) is 53.0 Å². The molecular formula is C26H19BrCl5NO2. The van der Waals surface area contributed by atoms with Crippen molar-refractivity contribution in [3.63, 3.8) is 0 Å². The number of hydrogen-bond acceptors (Lipinski definition) is 3. The highest BCUT2D eigenvalue weighted by Gasteiger charge is 2.41. The molecule has 1 N–H and O–H groups in total. The van der Waals surface area contributed by atoms with Gasteiger partial charge in [0.15, 0.2) is 11.5 Å². The Kier molecular flexibility index (Phi) is 7.43. The molecule has 5 rings (SSSR count). The minimum absolute atomic E-state index is 0.0217. The highest BCUT2D eigenvalue weighted by atomic mass is 79.9. The van der Waals surface area contributed by atoms with Crippen LogP contribution in [0.5, 0.6) is 11.5 Å². The summed E-state index contributed by atoms with van der Waals surface area (Å²) in [5.41, 5.74) is 3.70. The highest BCUT2D eigenvalue weighted by Crippen LogP contribution is 2.55. The standard InChI is InChI=1S/C26H19BrCl5NO2/c1-34-21-9-13(8-16(27)26(21)35-11-12-5-6-17(28)18(29)7-12)24-15-4-2-3-14(15)22-23(32)19(30)10-20(31)25(22)33-24/h2-3,5-10,14-15,24,33H,4,11H2,1H3/t14-,15+,24-/m0/s1. The number of halogens is 6. The van der Waals surface area contributed by atoms with Crippen LogP contribution < -0.4 is 14.8 Å². The summed E-state index contributed by atoms with van der Waals surface area (Å²) >= 11 is 35.4. The first-order valence-corrected chi connectivity index (χ1v) is 13.5. The number of methoxy groups -OCH3 is 1.